The Balaban J connectivity index is 0.000000791. The first-order chi connectivity index (χ1) is 6.41. The molecule has 14 heavy (non-hydrogen) atoms. The van der Waals surface area contributed by atoms with E-state index >= 15 is 0 Å². The molecule has 0 aliphatic heterocycles. The lowest BCUT2D eigenvalue weighted by Crippen LogP contribution is -1.97. The first kappa shape index (κ1) is 12.7. The van der Waals surface area contributed by atoms with Crippen LogP contribution >= 0.6 is 0 Å². The molecule has 0 unspecified atom stereocenters. The summed E-state index contributed by atoms with van der Waals surface area (Å²) in [6, 6.07) is 2.83. The fourth-order valence-corrected chi connectivity index (χ4v) is 1.31. The maximum absolute atomic E-state index is 10.5. The molecule has 6 nitrogen and oxygen atoms in total. The Morgan fingerprint density at radius 1 is 1.21 bits per heavy atom. The molecule has 0 saturated heterocycles. The number of phenolic OH excluding ortho intramolecular Hbond substituents is 2. The van der Waals surface area contributed by atoms with Gasteiger partial charge in [-0.3, -0.25) is 4.55 Å². The maximum atomic E-state index is 10.5. The Morgan fingerprint density at radius 3 is 2.07 bits per heavy atom. The Morgan fingerprint density at radius 2 is 1.71 bits per heavy atom. The minimum absolute atomic E-state index is 0.347. The average Bonchev–Trinajstić information content (AvgIpc) is 2.11. The van der Waals surface area contributed by atoms with Gasteiger partial charge in [0.1, 0.15) is 16.4 Å². The third-order valence-corrected chi connectivity index (χ3v) is 2.10. The molecule has 0 bridgehead atoms. The van der Waals surface area contributed by atoms with E-state index in [1.807, 2.05) is 0 Å². The molecule has 1 aromatic rings. The fourth-order valence-electron chi connectivity index (χ4n) is 0.709. The van der Waals surface area contributed by atoms with Gasteiger partial charge in [0.05, 0.1) is 0 Å². The minimum atomic E-state index is -4.47. The molecule has 0 fully saturated rings. The molecule has 1 rings (SSSR count). The standard InChI is InChI=1S/C6H6O5S.CH5N/c7-4-1-2-5(8)6(3-4)12(9,10)11;1-2/h1-3,7-8H,(H,9,10,11);2H2,1H3. The Bertz CT molecular complexity index is 401. The van der Waals surface area contributed by atoms with Crippen molar-refractivity contribution in [2.24, 2.45) is 5.73 Å². The summed E-state index contributed by atoms with van der Waals surface area (Å²) in [6.07, 6.45) is 0. The van der Waals surface area contributed by atoms with E-state index < -0.39 is 20.8 Å². The van der Waals surface area contributed by atoms with Gasteiger partial charge in [0.25, 0.3) is 10.1 Å². The van der Waals surface area contributed by atoms with Gasteiger partial charge in [0.2, 0.25) is 0 Å². The zero-order valence-corrected chi connectivity index (χ0v) is 8.19. The molecule has 0 saturated carbocycles. The van der Waals surface area contributed by atoms with Crippen LogP contribution in [0.1, 0.15) is 0 Å². The van der Waals surface area contributed by atoms with Crippen LogP contribution in [-0.2, 0) is 10.1 Å². The second-order valence-electron chi connectivity index (χ2n) is 2.13. The topological polar surface area (TPSA) is 121 Å². The normalized spacial score (nSPS) is 10.2. The van der Waals surface area contributed by atoms with Gasteiger partial charge in [-0.05, 0) is 19.2 Å². The third kappa shape index (κ3) is 3.21. The molecular formula is C7H11NO5S. The highest BCUT2D eigenvalue weighted by Crippen LogP contribution is 2.25. The molecule has 0 aliphatic carbocycles. The van der Waals surface area contributed by atoms with Crippen molar-refractivity contribution in [1.29, 1.82) is 0 Å². The van der Waals surface area contributed by atoms with Crippen LogP contribution in [0.2, 0.25) is 0 Å². The molecule has 0 amide bonds. The van der Waals surface area contributed by atoms with E-state index in [1.165, 1.54) is 7.05 Å². The van der Waals surface area contributed by atoms with Crippen molar-refractivity contribution in [2.45, 2.75) is 4.90 Å². The van der Waals surface area contributed by atoms with Gasteiger partial charge in [0, 0.05) is 6.07 Å². The van der Waals surface area contributed by atoms with Crippen molar-refractivity contribution >= 4 is 10.1 Å². The summed E-state index contributed by atoms with van der Waals surface area (Å²) in [7, 11) is -2.97. The Hall–Kier alpha value is -1.31. The summed E-state index contributed by atoms with van der Waals surface area (Å²) in [6.45, 7) is 0. The molecule has 7 heteroatoms. The predicted molar refractivity (Wildman–Crippen MR) is 49.7 cm³/mol. The van der Waals surface area contributed by atoms with Gasteiger partial charge < -0.3 is 15.9 Å². The summed E-state index contributed by atoms with van der Waals surface area (Å²) >= 11 is 0. The zero-order chi connectivity index (χ0) is 11.4. The summed E-state index contributed by atoms with van der Waals surface area (Å²) in [5, 5.41) is 17.7. The van der Waals surface area contributed by atoms with Gasteiger partial charge in [0.15, 0.2) is 0 Å². The fraction of sp³-hybridized carbons (Fsp3) is 0.143. The van der Waals surface area contributed by atoms with Gasteiger partial charge in [-0.2, -0.15) is 8.42 Å². The molecular weight excluding hydrogens is 210 g/mol. The van der Waals surface area contributed by atoms with Crippen molar-refractivity contribution in [3.8, 4) is 11.5 Å². The Kier molecular flexibility index (Phi) is 4.35. The van der Waals surface area contributed by atoms with Crippen molar-refractivity contribution in [1.82, 2.24) is 0 Å². The molecule has 0 atom stereocenters. The highest BCUT2D eigenvalue weighted by Gasteiger charge is 2.15. The van der Waals surface area contributed by atoms with Crippen molar-refractivity contribution in [2.75, 3.05) is 7.05 Å². The molecule has 5 N–H and O–H groups in total. The van der Waals surface area contributed by atoms with E-state index in [0.717, 1.165) is 18.2 Å². The highest BCUT2D eigenvalue weighted by atomic mass is 32.2. The summed E-state index contributed by atoms with van der Waals surface area (Å²) in [5.74, 6) is -0.948. The predicted octanol–water partition coefficient (Wildman–Crippen LogP) is -0.0806. The lowest BCUT2D eigenvalue weighted by atomic mass is 10.3. The largest absolute Gasteiger partial charge is 0.508 e. The van der Waals surface area contributed by atoms with Crippen LogP contribution in [0.25, 0.3) is 0 Å². The van der Waals surface area contributed by atoms with E-state index in [9.17, 15) is 8.42 Å². The number of rotatable bonds is 1. The van der Waals surface area contributed by atoms with Crippen LogP contribution < -0.4 is 5.73 Å². The van der Waals surface area contributed by atoms with Crippen LogP contribution in [-0.4, -0.2) is 30.2 Å². The molecule has 0 spiro atoms. The molecule has 0 aromatic heterocycles. The third-order valence-electron chi connectivity index (χ3n) is 1.22. The van der Waals surface area contributed by atoms with Crippen LogP contribution in [0.5, 0.6) is 11.5 Å². The van der Waals surface area contributed by atoms with E-state index in [0.29, 0.717) is 0 Å². The minimum Gasteiger partial charge on any atom is -0.508 e. The molecule has 1 aromatic carbocycles. The number of aromatic hydroxyl groups is 2. The van der Waals surface area contributed by atoms with Crippen LogP contribution in [0.4, 0.5) is 0 Å². The van der Waals surface area contributed by atoms with Gasteiger partial charge in [-0.1, -0.05) is 0 Å². The number of phenols is 2. The van der Waals surface area contributed by atoms with Crippen LogP contribution in [0, 0.1) is 0 Å². The SMILES string of the molecule is CN.O=S(=O)(O)c1cc(O)ccc1O. The van der Waals surface area contributed by atoms with Crippen molar-refractivity contribution in [3.05, 3.63) is 18.2 Å². The lowest BCUT2D eigenvalue weighted by Gasteiger charge is -2.00. The second-order valence-corrected chi connectivity index (χ2v) is 3.52. The smallest absolute Gasteiger partial charge is 0.298 e. The monoisotopic (exact) mass is 221 g/mol. The summed E-state index contributed by atoms with van der Waals surface area (Å²) in [4.78, 5) is -0.706. The molecule has 80 valence electrons. The van der Waals surface area contributed by atoms with E-state index in [2.05, 4.69) is 5.73 Å². The van der Waals surface area contributed by atoms with Crippen molar-refractivity contribution < 1.29 is 23.2 Å². The average molecular weight is 221 g/mol. The molecule has 0 radical (unpaired) electrons. The summed E-state index contributed by atoms with van der Waals surface area (Å²) in [5.41, 5.74) is 4.50. The number of hydrogen-bond donors (Lipinski definition) is 4. The van der Waals surface area contributed by atoms with E-state index in [1.54, 1.807) is 0 Å². The van der Waals surface area contributed by atoms with Crippen molar-refractivity contribution in [3.63, 3.8) is 0 Å². The second kappa shape index (κ2) is 4.80. The van der Waals surface area contributed by atoms with E-state index in [-0.39, 0.29) is 5.75 Å². The van der Waals surface area contributed by atoms with Gasteiger partial charge in [-0.25, -0.2) is 0 Å². The van der Waals surface area contributed by atoms with E-state index in [4.69, 9.17) is 14.8 Å². The first-order valence-corrected chi connectivity index (χ1v) is 4.92. The maximum Gasteiger partial charge on any atom is 0.298 e. The zero-order valence-electron chi connectivity index (χ0n) is 7.38. The molecule has 0 heterocycles. The first-order valence-electron chi connectivity index (χ1n) is 3.48. The van der Waals surface area contributed by atoms with Crippen LogP contribution in [0.3, 0.4) is 0 Å². The number of nitrogens with two attached hydrogens (primary N) is 1. The lowest BCUT2D eigenvalue weighted by molar-refractivity contribution is 0.433. The number of benzene rings is 1. The van der Waals surface area contributed by atoms with Gasteiger partial charge >= 0.3 is 0 Å². The number of hydrogen-bond acceptors (Lipinski definition) is 5. The van der Waals surface area contributed by atoms with Crippen LogP contribution in [0.15, 0.2) is 23.1 Å². The summed E-state index contributed by atoms with van der Waals surface area (Å²) < 4.78 is 29.5. The quantitative estimate of drug-likeness (QED) is 0.389. The Labute approximate surface area is 81.4 Å². The van der Waals surface area contributed by atoms with Gasteiger partial charge in [-0.15, -0.1) is 0 Å². The highest BCUT2D eigenvalue weighted by molar-refractivity contribution is 7.86. The molecule has 0 aliphatic rings.